The lowest BCUT2D eigenvalue weighted by molar-refractivity contribution is -0.384. The van der Waals surface area contributed by atoms with Crippen LogP contribution in [0.15, 0.2) is 70.1 Å². The van der Waals surface area contributed by atoms with Crippen LogP contribution < -0.4 is 0 Å². The molecule has 0 aliphatic rings. The van der Waals surface area contributed by atoms with E-state index in [4.69, 9.17) is 4.42 Å². The average molecular weight is 373 g/mol. The van der Waals surface area contributed by atoms with Crippen molar-refractivity contribution in [3.8, 4) is 17.2 Å². The van der Waals surface area contributed by atoms with Crippen LogP contribution >= 0.6 is 0 Å². The van der Waals surface area contributed by atoms with Gasteiger partial charge in [-0.25, -0.2) is 4.98 Å². The second-order valence-corrected chi connectivity index (χ2v) is 6.30. The summed E-state index contributed by atoms with van der Waals surface area (Å²) in [6.45, 7) is 1.97. The van der Waals surface area contributed by atoms with Gasteiger partial charge in [0.25, 0.3) is 5.69 Å². The molecule has 7 nitrogen and oxygen atoms in total. The third-order valence-corrected chi connectivity index (χ3v) is 4.20. The summed E-state index contributed by atoms with van der Waals surface area (Å²) in [4.78, 5) is 19.1. The van der Waals surface area contributed by atoms with E-state index in [1.807, 2.05) is 25.1 Å². The van der Waals surface area contributed by atoms with Gasteiger partial charge in [0.1, 0.15) is 11.3 Å². The van der Waals surface area contributed by atoms with Gasteiger partial charge < -0.3 is 9.52 Å². The molecule has 1 heterocycles. The Balaban J connectivity index is 1.62. The van der Waals surface area contributed by atoms with E-state index in [9.17, 15) is 15.2 Å². The van der Waals surface area contributed by atoms with Gasteiger partial charge in [0.15, 0.2) is 5.58 Å². The Hall–Kier alpha value is -4.00. The maximum Gasteiger partial charge on any atom is 0.270 e. The first-order valence-corrected chi connectivity index (χ1v) is 8.49. The largest absolute Gasteiger partial charge is 0.507 e. The van der Waals surface area contributed by atoms with Crippen LogP contribution in [-0.4, -0.2) is 21.2 Å². The summed E-state index contributed by atoms with van der Waals surface area (Å²) in [6, 6.07) is 16.7. The van der Waals surface area contributed by atoms with Crippen LogP contribution in [0, 0.1) is 17.0 Å². The molecule has 7 heteroatoms. The second-order valence-electron chi connectivity index (χ2n) is 6.30. The van der Waals surface area contributed by atoms with Crippen molar-refractivity contribution in [2.75, 3.05) is 0 Å². The molecule has 3 aromatic carbocycles. The first-order valence-electron chi connectivity index (χ1n) is 8.49. The van der Waals surface area contributed by atoms with Gasteiger partial charge in [-0.15, -0.1) is 0 Å². The van der Waals surface area contributed by atoms with Crippen molar-refractivity contribution >= 4 is 28.7 Å². The average Bonchev–Trinajstić information content (AvgIpc) is 3.09. The van der Waals surface area contributed by atoms with E-state index in [0.717, 1.165) is 5.56 Å². The van der Waals surface area contributed by atoms with Gasteiger partial charge in [-0.2, -0.15) is 0 Å². The number of aromatic nitrogens is 1. The van der Waals surface area contributed by atoms with E-state index in [1.165, 1.54) is 24.4 Å². The van der Waals surface area contributed by atoms with E-state index in [2.05, 4.69) is 9.98 Å². The van der Waals surface area contributed by atoms with Gasteiger partial charge in [0.2, 0.25) is 5.89 Å². The summed E-state index contributed by atoms with van der Waals surface area (Å²) >= 11 is 0. The van der Waals surface area contributed by atoms with Crippen LogP contribution in [0.3, 0.4) is 0 Å². The van der Waals surface area contributed by atoms with Crippen LogP contribution in [0.4, 0.5) is 11.4 Å². The van der Waals surface area contributed by atoms with Crippen molar-refractivity contribution in [2.45, 2.75) is 6.92 Å². The number of non-ortho nitro benzene ring substituents is 1. The molecule has 0 bridgehead atoms. The lowest BCUT2D eigenvalue weighted by Crippen LogP contribution is -1.89. The number of fused-ring (bicyclic) bond motifs is 1. The number of benzene rings is 3. The molecule has 0 saturated carbocycles. The highest BCUT2D eigenvalue weighted by Gasteiger charge is 2.13. The Kier molecular flexibility index (Phi) is 4.33. The van der Waals surface area contributed by atoms with Crippen LogP contribution in [0.25, 0.3) is 22.6 Å². The fraction of sp³-hybridized carbons (Fsp3) is 0.0476. The first kappa shape index (κ1) is 17.4. The molecule has 0 aliphatic heterocycles. The maximum atomic E-state index is 10.8. The topological polar surface area (TPSA) is 102 Å². The highest BCUT2D eigenvalue weighted by molar-refractivity contribution is 5.83. The minimum absolute atomic E-state index is 0.00617. The molecule has 138 valence electrons. The molecule has 0 amide bonds. The van der Waals surface area contributed by atoms with Gasteiger partial charge in [-0.1, -0.05) is 18.2 Å². The van der Waals surface area contributed by atoms with Crippen molar-refractivity contribution in [3.63, 3.8) is 0 Å². The van der Waals surface area contributed by atoms with Gasteiger partial charge in [0.05, 0.1) is 16.2 Å². The minimum atomic E-state index is -0.459. The molecule has 0 spiro atoms. The van der Waals surface area contributed by atoms with Crippen LogP contribution in [0.5, 0.6) is 5.75 Å². The summed E-state index contributed by atoms with van der Waals surface area (Å²) in [5, 5.41) is 21.2. The molecule has 0 aliphatic carbocycles. The van der Waals surface area contributed by atoms with Crippen LogP contribution in [-0.2, 0) is 0 Å². The number of aliphatic imine (C=N–C) groups is 1. The van der Waals surface area contributed by atoms with Gasteiger partial charge in [-0.05, 0) is 42.3 Å². The molecule has 0 unspecified atom stereocenters. The number of nitro groups is 1. The maximum absolute atomic E-state index is 10.8. The Labute approximate surface area is 159 Å². The van der Waals surface area contributed by atoms with Gasteiger partial charge in [0, 0.05) is 24.4 Å². The van der Waals surface area contributed by atoms with Gasteiger partial charge in [-0.3, -0.25) is 15.1 Å². The fourth-order valence-electron chi connectivity index (χ4n) is 2.80. The standard InChI is InChI=1S/C21H15N3O4/c1-13-5-8-18-20(9-13)28-21(23-18)17-7-6-15(11-19(17)25)22-12-14-3-2-4-16(10-14)24(26)27/h2-12,25H,1H3. The summed E-state index contributed by atoms with van der Waals surface area (Å²) in [5.41, 5.74) is 3.98. The zero-order valence-electron chi connectivity index (χ0n) is 14.9. The number of nitrogens with zero attached hydrogens (tertiary/aromatic N) is 3. The fourth-order valence-corrected chi connectivity index (χ4v) is 2.80. The molecular formula is C21H15N3O4. The summed E-state index contributed by atoms with van der Waals surface area (Å²) in [6.07, 6.45) is 1.50. The van der Waals surface area contributed by atoms with E-state index < -0.39 is 4.92 Å². The summed E-state index contributed by atoms with van der Waals surface area (Å²) in [7, 11) is 0. The van der Waals surface area contributed by atoms with Crippen LogP contribution in [0.1, 0.15) is 11.1 Å². The summed E-state index contributed by atoms with van der Waals surface area (Å²) in [5.74, 6) is 0.310. The molecule has 0 radical (unpaired) electrons. The van der Waals surface area contributed by atoms with E-state index in [0.29, 0.717) is 33.8 Å². The number of rotatable bonds is 4. The van der Waals surface area contributed by atoms with Crippen molar-refractivity contribution < 1.29 is 14.4 Å². The Bertz CT molecular complexity index is 1230. The minimum Gasteiger partial charge on any atom is -0.507 e. The van der Waals surface area contributed by atoms with Crippen molar-refractivity contribution in [2.24, 2.45) is 4.99 Å². The molecule has 4 rings (SSSR count). The molecule has 28 heavy (non-hydrogen) atoms. The Morgan fingerprint density at radius 3 is 2.79 bits per heavy atom. The number of nitro benzene ring substituents is 1. The van der Waals surface area contributed by atoms with Gasteiger partial charge >= 0.3 is 0 Å². The van der Waals surface area contributed by atoms with E-state index in [1.54, 1.807) is 24.3 Å². The second kappa shape index (κ2) is 6.96. The molecular weight excluding hydrogens is 358 g/mol. The number of oxazole rings is 1. The van der Waals surface area contributed by atoms with Crippen molar-refractivity contribution in [3.05, 3.63) is 81.9 Å². The summed E-state index contributed by atoms with van der Waals surface area (Å²) < 4.78 is 5.75. The molecule has 0 atom stereocenters. The molecule has 1 aromatic heterocycles. The van der Waals surface area contributed by atoms with E-state index in [-0.39, 0.29) is 11.4 Å². The number of hydrogen-bond donors (Lipinski definition) is 1. The molecule has 1 N–H and O–H groups in total. The molecule has 4 aromatic rings. The highest BCUT2D eigenvalue weighted by Crippen LogP contribution is 2.34. The monoisotopic (exact) mass is 373 g/mol. The lowest BCUT2D eigenvalue weighted by atomic mass is 10.1. The predicted octanol–water partition coefficient (Wildman–Crippen LogP) is 5.17. The zero-order valence-corrected chi connectivity index (χ0v) is 14.9. The molecule has 0 fully saturated rings. The zero-order chi connectivity index (χ0) is 19.7. The number of phenolic OH excluding ortho intramolecular Hbond substituents is 1. The van der Waals surface area contributed by atoms with Crippen molar-refractivity contribution in [1.29, 1.82) is 0 Å². The van der Waals surface area contributed by atoms with Crippen molar-refractivity contribution in [1.82, 2.24) is 4.98 Å². The third-order valence-electron chi connectivity index (χ3n) is 4.20. The lowest BCUT2D eigenvalue weighted by Gasteiger charge is -2.01. The number of aryl methyl sites for hydroxylation is 1. The number of aromatic hydroxyl groups is 1. The Morgan fingerprint density at radius 2 is 2.00 bits per heavy atom. The third kappa shape index (κ3) is 3.45. The number of hydrogen-bond acceptors (Lipinski definition) is 6. The highest BCUT2D eigenvalue weighted by atomic mass is 16.6. The van der Waals surface area contributed by atoms with Crippen LogP contribution in [0.2, 0.25) is 0 Å². The SMILES string of the molecule is Cc1ccc2nc(-c3ccc(N=Cc4cccc([N+](=O)[O-])c4)cc3O)oc2c1. The molecule has 0 saturated heterocycles. The Morgan fingerprint density at radius 1 is 1.14 bits per heavy atom. The normalized spacial score (nSPS) is 11.3. The van der Waals surface area contributed by atoms with E-state index >= 15 is 0 Å². The quantitative estimate of drug-likeness (QED) is 0.302. The predicted molar refractivity (Wildman–Crippen MR) is 106 cm³/mol. The smallest absolute Gasteiger partial charge is 0.270 e. The number of phenols is 1. The first-order chi connectivity index (χ1) is 13.5.